The van der Waals surface area contributed by atoms with Crippen LogP contribution in [0.4, 0.5) is 0 Å². The van der Waals surface area contributed by atoms with Crippen LogP contribution in [0.5, 0.6) is 0 Å². The molecule has 2 nitrogen and oxygen atoms in total. The molecule has 0 bridgehead atoms. The zero-order valence-electron chi connectivity index (χ0n) is 9.80. The molecular weight excluding hydrogens is 186 g/mol. The van der Waals surface area contributed by atoms with E-state index in [0.717, 1.165) is 13.0 Å². The van der Waals surface area contributed by atoms with Crippen molar-refractivity contribution in [3.05, 3.63) is 0 Å². The highest BCUT2D eigenvalue weighted by Gasteiger charge is 2.42. The number of aliphatic hydroxyl groups is 1. The molecule has 3 N–H and O–H groups in total. The quantitative estimate of drug-likeness (QED) is 0.753. The monoisotopic (exact) mass is 211 g/mol. The van der Waals surface area contributed by atoms with E-state index < -0.39 is 0 Å². The van der Waals surface area contributed by atoms with Gasteiger partial charge in [0.25, 0.3) is 0 Å². The third kappa shape index (κ3) is 2.21. The van der Waals surface area contributed by atoms with E-state index in [1.165, 1.54) is 51.4 Å². The molecule has 2 rings (SSSR count). The predicted molar refractivity (Wildman–Crippen MR) is 62.6 cm³/mol. The van der Waals surface area contributed by atoms with Crippen LogP contribution < -0.4 is 5.73 Å². The maximum absolute atomic E-state index is 9.12. The van der Waals surface area contributed by atoms with E-state index in [2.05, 4.69) is 0 Å². The van der Waals surface area contributed by atoms with Crippen molar-refractivity contribution in [1.29, 1.82) is 0 Å². The second-order valence-electron chi connectivity index (χ2n) is 5.88. The van der Waals surface area contributed by atoms with Gasteiger partial charge in [-0.15, -0.1) is 0 Å². The molecule has 0 aromatic rings. The molecule has 2 heteroatoms. The standard InChI is InChI=1S/C13H25NO/c14-11-13(9-10-15)7-5-12(6-8-13)3-1-2-4-12/h15H,1-11,14H2. The average Bonchev–Trinajstić information content (AvgIpc) is 2.72. The first-order valence-electron chi connectivity index (χ1n) is 6.55. The maximum atomic E-state index is 9.12. The van der Waals surface area contributed by atoms with Gasteiger partial charge in [-0.25, -0.2) is 0 Å². The smallest absolute Gasteiger partial charge is 0.0436 e. The molecule has 2 aliphatic carbocycles. The maximum Gasteiger partial charge on any atom is 0.0436 e. The van der Waals surface area contributed by atoms with Gasteiger partial charge in [-0.05, 0) is 62.3 Å². The fraction of sp³-hybridized carbons (Fsp3) is 1.00. The summed E-state index contributed by atoms with van der Waals surface area (Å²) < 4.78 is 0. The molecule has 0 amide bonds. The Morgan fingerprint density at radius 2 is 1.53 bits per heavy atom. The van der Waals surface area contributed by atoms with E-state index >= 15 is 0 Å². The van der Waals surface area contributed by atoms with Crippen LogP contribution in [0.3, 0.4) is 0 Å². The first kappa shape index (κ1) is 11.4. The molecule has 0 aliphatic heterocycles. The number of aliphatic hydroxyl groups excluding tert-OH is 1. The Kier molecular flexibility index (Phi) is 3.36. The lowest BCUT2D eigenvalue weighted by atomic mass is 9.62. The third-order valence-corrected chi connectivity index (χ3v) is 5.11. The van der Waals surface area contributed by atoms with Crippen molar-refractivity contribution in [3.8, 4) is 0 Å². The highest BCUT2D eigenvalue weighted by Crippen LogP contribution is 2.54. The third-order valence-electron chi connectivity index (χ3n) is 5.11. The largest absolute Gasteiger partial charge is 0.396 e. The fourth-order valence-electron chi connectivity index (χ4n) is 3.73. The lowest BCUT2D eigenvalue weighted by molar-refractivity contribution is 0.0633. The van der Waals surface area contributed by atoms with Crippen molar-refractivity contribution in [3.63, 3.8) is 0 Å². The van der Waals surface area contributed by atoms with E-state index in [1.54, 1.807) is 0 Å². The molecule has 0 heterocycles. The van der Waals surface area contributed by atoms with E-state index in [0.29, 0.717) is 12.0 Å². The topological polar surface area (TPSA) is 46.2 Å². The minimum Gasteiger partial charge on any atom is -0.396 e. The Labute approximate surface area is 93.2 Å². The molecule has 0 atom stereocenters. The van der Waals surface area contributed by atoms with Gasteiger partial charge in [0.1, 0.15) is 0 Å². The Morgan fingerprint density at radius 1 is 0.933 bits per heavy atom. The highest BCUT2D eigenvalue weighted by molar-refractivity contribution is 4.95. The molecular formula is C13H25NO. The van der Waals surface area contributed by atoms with Gasteiger partial charge in [-0.1, -0.05) is 12.8 Å². The van der Waals surface area contributed by atoms with E-state index in [4.69, 9.17) is 10.8 Å². The van der Waals surface area contributed by atoms with Crippen LogP contribution in [0, 0.1) is 10.8 Å². The van der Waals surface area contributed by atoms with Crippen molar-refractivity contribution in [2.45, 2.75) is 57.8 Å². The van der Waals surface area contributed by atoms with E-state index in [9.17, 15) is 0 Å². The number of rotatable bonds is 3. The summed E-state index contributed by atoms with van der Waals surface area (Å²) in [6, 6.07) is 0. The summed E-state index contributed by atoms with van der Waals surface area (Å²) in [5.41, 5.74) is 6.87. The van der Waals surface area contributed by atoms with Crippen molar-refractivity contribution in [2.75, 3.05) is 13.2 Å². The van der Waals surface area contributed by atoms with Crippen LogP contribution >= 0.6 is 0 Å². The summed E-state index contributed by atoms with van der Waals surface area (Å²) in [5.74, 6) is 0. The van der Waals surface area contributed by atoms with Gasteiger partial charge >= 0.3 is 0 Å². The van der Waals surface area contributed by atoms with Crippen LogP contribution in [-0.2, 0) is 0 Å². The molecule has 0 unspecified atom stereocenters. The zero-order chi connectivity index (χ0) is 10.8. The van der Waals surface area contributed by atoms with Crippen LogP contribution in [0.15, 0.2) is 0 Å². The van der Waals surface area contributed by atoms with Crippen molar-refractivity contribution >= 4 is 0 Å². The number of nitrogens with two attached hydrogens (primary N) is 1. The van der Waals surface area contributed by atoms with Crippen LogP contribution in [0.25, 0.3) is 0 Å². The van der Waals surface area contributed by atoms with E-state index in [1.807, 2.05) is 0 Å². The summed E-state index contributed by atoms with van der Waals surface area (Å²) in [5, 5.41) is 9.12. The SMILES string of the molecule is NCC1(CCO)CCC2(CCCC2)CC1. The van der Waals surface area contributed by atoms with Crippen LogP contribution in [-0.4, -0.2) is 18.3 Å². The van der Waals surface area contributed by atoms with Gasteiger partial charge in [-0.3, -0.25) is 0 Å². The molecule has 0 saturated heterocycles. The lowest BCUT2D eigenvalue weighted by Crippen LogP contribution is -2.38. The van der Waals surface area contributed by atoms with Gasteiger partial charge in [0.2, 0.25) is 0 Å². The minimum atomic E-state index is 0.280. The van der Waals surface area contributed by atoms with Crippen LogP contribution in [0.1, 0.15) is 57.8 Å². The lowest BCUT2D eigenvalue weighted by Gasteiger charge is -2.44. The summed E-state index contributed by atoms with van der Waals surface area (Å²) >= 11 is 0. The van der Waals surface area contributed by atoms with Gasteiger partial charge < -0.3 is 10.8 Å². The van der Waals surface area contributed by atoms with E-state index in [-0.39, 0.29) is 5.41 Å². The molecule has 0 aromatic carbocycles. The molecule has 15 heavy (non-hydrogen) atoms. The Hall–Kier alpha value is -0.0800. The second-order valence-corrected chi connectivity index (χ2v) is 5.88. The Balaban J connectivity index is 1.94. The van der Waals surface area contributed by atoms with Crippen molar-refractivity contribution in [1.82, 2.24) is 0 Å². The van der Waals surface area contributed by atoms with Crippen molar-refractivity contribution < 1.29 is 5.11 Å². The molecule has 88 valence electrons. The molecule has 2 fully saturated rings. The highest BCUT2D eigenvalue weighted by atomic mass is 16.3. The molecule has 2 saturated carbocycles. The summed E-state index contributed by atoms with van der Waals surface area (Å²) in [6.07, 6.45) is 11.9. The zero-order valence-corrected chi connectivity index (χ0v) is 9.80. The molecule has 2 aliphatic rings. The van der Waals surface area contributed by atoms with Crippen molar-refractivity contribution in [2.24, 2.45) is 16.6 Å². The van der Waals surface area contributed by atoms with Gasteiger partial charge in [0, 0.05) is 6.61 Å². The Bertz CT molecular complexity index is 199. The minimum absolute atomic E-state index is 0.280. The summed E-state index contributed by atoms with van der Waals surface area (Å²) in [6.45, 7) is 1.08. The first-order chi connectivity index (χ1) is 7.24. The number of hydrogen-bond acceptors (Lipinski definition) is 2. The average molecular weight is 211 g/mol. The predicted octanol–water partition coefficient (Wildman–Crippen LogP) is 2.45. The fourth-order valence-corrected chi connectivity index (χ4v) is 3.73. The normalized spacial score (nSPS) is 28.4. The first-order valence-corrected chi connectivity index (χ1v) is 6.55. The Morgan fingerprint density at radius 3 is 2.00 bits per heavy atom. The van der Waals surface area contributed by atoms with Gasteiger partial charge in [-0.2, -0.15) is 0 Å². The molecule has 1 spiro atoms. The molecule has 0 radical (unpaired) electrons. The van der Waals surface area contributed by atoms with Crippen LogP contribution in [0.2, 0.25) is 0 Å². The summed E-state index contributed by atoms with van der Waals surface area (Å²) in [7, 11) is 0. The van der Waals surface area contributed by atoms with Gasteiger partial charge in [0.05, 0.1) is 0 Å². The molecule has 0 aromatic heterocycles. The second kappa shape index (κ2) is 4.42. The number of hydrogen-bond donors (Lipinski definition) is 2. The summed E-state index contributed by atoms with van der Waals surface area (Å²) in [4.78, 5) is 0. The van der Waals surface area contributed by atoms with Gasteiger partial charge in [0.15, 0.2) is 0 Å².